The number of aromatic nitrogens is 2. The summed E-state index contributed by atoms with van der Waals surface area (Å²) in [6, 6.07) is 5.58. The predicted octanol–water partition coefficient (Wildman–Crippen LogP) is 1.50. The first-order valence-electron chi connectivity index (χ1n) is 8.49. The molecule has 0 spiro atoms. The Morgan fingerprint density at radius 2 is 2.04 bits per heavy atom. The first-order chi connectivity index (χ1) is 12.6. The fraction of sp³-hybridized carbons (Fsp3) is 0.389. The summed E-state index contributed by atoms with van der Waals surface area (Å²) < 4.78 is 10.6. The highest BCUT2D eigenvalue weighted by atomic mass is 16.7. The Balaban J connectivity index is 1.47. The summed E-state index contributed by atoms with van der Waals surface area (Å²) in [4.78, 5) is 22.7. The Morgan fingerprint density at radius 3 is 2.81 bits per heavy atom. The van der Waals surface area contributed by atoms with Crippen LogP contribution in [-0.4, -0.2) is 54.8 Å². The number of nitrogens with zero attached hydrogens (tertiary/aromatic N) is 3. The fourth-order valence-electron chi connectivity index (χ4n) is 2.47. The summed E-state index contributed by atoms with van der Waals surface area (Å²) >= 11 is 0. The van der Waals surface area contributed by atoms with E-state index in [4.69, 9.17) is 9.47 Å². The monoisotopic (exact) mass is 357 g/mol. The van der Waals surface area contributed by atoms with E-state index in [2.05, 4.69) is 25.5 Å². The van der Waals surface area contributed by atoms with Gasteiger partial charge in [0.2, 0.25) is 6.79 Å². The summed E-state index contributed by atoms with van der Waals surface area (Å²) in [5.41, 5.74) is 1.21. The van der Waals surface area contributed by atoms with Crippen molar-refractivity contribution >= 4 is 11.7 Å². The van der Waals surface area contributed by atoms with Crippen molar-refractivity contribution < 1.29 is 14.3 Å². The van der Waals surface area contributed by atoms with Gasteiger partial charge in [0.15, 0.2) is 11.5 Å². The van der Waals surface area contributed by atoms with Crippen molar-refractivity contribution in [3.05, 3.63) is 41.9 Å². The summed E-state index contributed by atoms with van der Waals surface area (Å²) in [5, 5.41) is 6.02. The maximum absolute atomic E-state index is 12.2. The van der Waals surface area contributed by atoms with Gasteiger partial charge in [-0.3, -0.25) is 4.79 Å². The molecule has 0 saturated heterocycles. The second-order valence-electron chi connectivity index (χ2n) is 6.24. The molecule has 2 heterocycles. The van der Waals surface area contributed by atoms with Gasteiger partial charge in [0.25, 0.3) is 5.91 Å². The highest BCUT2D eigenvalue weighted by molar-refractivity contribution is 5.91. The number of benzene rings is 1. The first-order valence-corrected chi connectivity index (χ1v) is 8.49. The molecule has 138 valence electrons. The average molecular weight is 357 g/mol. The molecule has 2 N–H and O–H groups in total. The van der Waals surface area contributed by atoms with E-state index >= 15 is 0 Å². The third-order valence-corrected chi connectivity index (χ3v) is 3.86. The molecule has 1 aromatic carbocycles. The molecule has 0 fully saturated rings. The van der Waals surface area contributed by atoms with E-state index in [1.54, 1.807) is 6.20 Å². The van der Waals surface area contributed by atoms with Gasteiger partial charge in [0, 0.05) is 13.1 Å². The van der Waals surface area contributed by atoms with E-state index < -0.39 is 0 Å². The van der Waals surface area contributed by atoms with Gasteiger partial charge in [-0.15, -0.1) is 0 Å². The first kappa shape index (κ1) is 17.9. The van der Waals surface area contributed by atoms with Gasteiger partial charge in [-0.1, -0.05) is 6.07 Å². The van der Waals surface area contributed by atoms with Crippen molar-refractivity contribution in [2.24, 2.45) is 0 Å². The minimum atomic E-state index is -0.269. The zero-order valence-electron chi connectivity index (χ0n) is 15.0. The van der Waals surface area contributed by atoms with Gasteiger partial charge in [0.1, 0.15) is 11.5 Å². The summed E-state index contributed by atoms with van der Waals surface area (Å²) in [6.07, 6.45) is 4.06. The lowest BCUT2D eigenvalue weighted by molar-refractivity contribution is 0.0945. The summed E-state index contributed by atoms with van der Waals surface area (Å²) in [6.45, 7) is 2.42. The molecule has 2 aromatic rings. The van der Waals surface area contributed by atoms with E-state index in [9.17, 15) is 4.79 Å². The van der Waals surface area contributed by atoms with Crippen molar-refractivity contribution in [2.75, 3.05) is 39.3 Å². The maximum Gasteiger partial charge on any atom is 0.271 e. The van der Waals surface area contributed by atoms with Crippen LogP contribution in [0.5, 0.6) is 11.5 Å². The molecular formula is C18H23N5O3. The minimum absolute atomic E-state index is 0.232. The molecule has 8 heteroatoms. The number of ether oxygens (including phenoxy) is 2. The Labute approximate surface area is 152 Å². The Kier molecular flexibility index (Phi) is 5.85. The molecule has 0 saturated carbocycles. The van der Waals surface area contributed by atoms with E-state index in [0.717, 1.165) is 30.8 Å². The Hall–Kier alpha value is -2.87. The normalized spacial score (nSPS) is 12.3. The third kappa shape index (κ3) is 4.82. The number of nitrogens with one attached hydrogen (secondary N) is 2. The van der Waals surface area contributed by atoms with Gasteiger partial charge >= 0.3 is 0 Å². The second kappa shape index (κ2) is 8.48. The van der Waals surface area contributed by atoms with Crippen LogP contribution in [-0.2, 0) is 6.54 Å². The van der Waals surface area contributed by atoms with Gasteiger partial charge in [-0.05, 0) is 44.8 Å². The van der Waals surface area contributed by atoms with E-state index in [-0.39, 0.29) is 18.4 Å². The third-order valence-electron chi connectivity index (χ3n) is 3.86. The van der Waals surface area contributed by atoms with Crippen LogP contribution < -0.4 is 20.1 Å². The number of anilines is 1. The number of amides is 1. The smallest absolute Gasteiger partial charge is 0.271 e. The molecule has 1 aliphatic heterocycles. The lowest BCUT2D eigenvalue weighted by Gasteiger charge is -2.10. The van der Waals surface area contributed by atoms with Crippen LogP contribution in [0.3, 0.4) is 0 Å². The standard InChI is InChI=1S/C18H23N5O3/c1-23(2)7-3-6-19-17-11-20-14(10-21-17)18(24)22-9-13-4-5-15-16(8-13)26-12-25-15/h4-5,8,10-11H,3,6-7,9,12H2,1-2H3,(H,19,21)(H,22,24). The number of carbonyl (C=O) groups is 1. The average Bonchev–Trinajstić information content (AvgIpc) is 3.11. The molecule has 0 unspecified atom stereocenters. The lowest BCUT2D eigenvalue weighted by Crippen LogP contribution is -2.24. The molecule has 1 aliphatic rings. The van der Waals surface area contributed by atoms with Crippen molar-refractivity contribution in [3.8, 4) is 11.5 Å². The highest BCUT2D eigenvalue weighted by Crippen LogP contribution is 2.32. The zero-order chi connectivity index (χ0) is 18.4. The molecule has 0 bridgehead atoms. The van der Waals surface area contributed by atoms with Gasteiger partial charge in [0.05, 0.1) is 12.4 Å². The summed E-state index contributed by atoms with van der Waals surface area (Å²) in [5.74, 6) is 1.81. The number of fused-ring (bicyclic) bond motifs is 1. The molecule has 3 rings (SSSR count). The maximum atomic E-state index is 12.2. The molecule has 1 aromatic heterocycles. The van der Waals surface area contributed by atoms with E-state index in [1.807, 2.05) is 32.3 Å². The minimum Gasteiger partial charge on any atom is -0.454 e. The van der Waals surface area contributed by atoms with E-state index in [0.29, 0.717) is 18.1 Å². The van der Waals surface area contributed by atoms with Crippen LogP contribution in [0.4, 0.5) is 5.82 Å². The Bertz CT molecular complexity index is 749. The molecule has 0 aliphatic carbocycles. The fourth-order valence-corrected chi connectivity index (χ4v) is 2.47. The van der Waals surface area contributed by atoms with Gasteiger partial charge in [-0.25, -0.2) is 9.97 Å². The predicted molar refractivity (Wildman–Crippen MR) is 97.4 cm³/mol. The van der Waals surface area contributed by atoms with Crippen LogP contribution in [0.2, 0.25) is 0 Å². The van der Waals surface area contributed by atoms with Gasteiger partial charge in [-0.2, -0.15) is 0 Å². The van der Waals surface area contributed by atoms with Crippen molar-refractivity contribution in [3.63, 3.8) is 0 Å². The topological polar surface area (TPSA) is 88.6 Å². The largest absolute Gasteiger partial charge is 0.454 e. The van der Waals surface area contributed by atoms with Crippen LogP contribution in [0.1, 0.15) is 22.5 Å². The number of hydrogen-bond acceptors (Lipinski definition) is 7. The quantitative estimate of drug-likeness (QED) is 0.692. The molecular weight excluding hydrogens is 334 g/mol. The van der Waals surface area contributed by atoms with E-state index in [1.165, 1.54) is 6.20 Å². The molecule has 26 heavy (non-hydrogen) atoms. The molecule has 8 nitrogen and oxygen atoms in total. The van der Waals surface area contributed by atoms with Crippen LogP contribution in [0.15, 0.2) is 30.6 Å². The van der Waals surface area contributed by atoms with Crippen molar-refractivity contribution in [1.82, 2.24) is 20.2 Å². The molecule has 0 radical (unpaired) electrons. The van der Waals surface area contributed by atoms with Crippen molar-refractivity contribution in [2.45, 2.75) is 13.0 Å². The van der Waals surface area contributed by atoms with Crippen LogP contribution in [0, 0.1) is 0 Å². The zero-order valence-corrected chi connectivity index (χ0v) is 15.0. The number of hydrogen-bond donors (Lipinski definition) is 2. The highest BCUT2D eigenvalue weighted by Gasteiger charge is 2.14. The Morgan fingerprint density at radius 1 is 1.19 bits per heavy atom. The van der Waals surface area contributed by atoms with Gasteiger partial charge < -0.3 is 25.0 Å². The summed E-state index contributed by atoms with van der Waals surface area (Å²) in [7, 11) is 4.08. The lowest BCUT2D eigenvalue weighted by atomic mass is 10.2. The van der Waals surface area contributed by atoms with Crippen LogP contribution >= 0.6 is 0 Å². The number of carbonyl (C=O) groups excluding carboxylic acids is 1. The van der Waals surface area contributed by atoms with Crippen LogP contribution in [0.25, 0.3) is 0 Å². The second-order valence-corrected chi connectivity index (χ2v) is 6.24. The van der Waals surface area contributed by atoms with Crippen molar-refractivity contribution in [1.29, 1.82) is 0 Å². The molecule has 1 amide bonds. The number of rotatable bonds is 8. The SMILES string of the molecule is CN(C)CCCNc1cnc(C(=O)NCc2ccc3c(c2)OCO3)cn1. The molecule has 0 atom stereocenters.